The third-order valence-electron chi connectivity index (χ3n) is 4.82. The van der Waals surface area contributed by atoms with E-state index < -0.39 is 0 Å². The molecule has 2 aromatic heterocycles. The molecular weight excluding hydrogens is 394 g/mol. The molecule has 0 aliphatic heterocycles. The average Bonchev–Trinajstić information content (AvgIpc) is 3.15. The van der Waals surface area contributed by atoms with Crippen LogP contribution >= 0.6 is 0 Å². The lowest BCUT2D eigenvalue weighted by Crippen LogP contribution is -2.17. The summed E-state index contributed by atoms with van der Waals surface area (Å²) in [5.41, 5.74) is 1.67. The SMILES string of the molecule is COC(=O)Cn1ncc2c(N[C@@H](CC(C)C)c3ccccc3OCC(C)C)ncnc21. The number of para-hydroxylation sites is 1. The smallest absolute Gasteiger partial charge is 0.327 e. The maximum Gasteiger partial charge on any atom is 0.327 e. The molecule has 0 unspecified atom stereocenters. The summed E-state index contributed by atoms with van der Waals surface area (Å²) in [7, 11) is 1.35. The minimum atomic E-state index is -0.382. The number of esters is 1. The van der Waals surface area contributed by atoms with Crippen LogP contribution in [0.1, 0.15) is 45.7 Å². The summed E-state index contributed by atoms with van der Waals surface area (Å²) >= 11 is 0. The molecule has 0 aliphatic carbocycles. The van der Waals surface area contributed by atoms with E-state index in [1.54, 1.807) is 6.20 Å². The second-order valence-corrected chi connectivity index (χ2v) is 8.41. The molecule has 0 spiro atoms. The average molecular weight is 426 g/mol. The van der Waals surface area contributed by atoms with Gasteiger partial charge in [0.1, 0.15) is 24.4 Å². The fraction of sp³-hybridized carbons (Fsp3) is 0.478. The van der Waals surface area contributed by atoms with Crippen molar-refractivity contribution >= 4 is 22.8 Å². The minimum Gasteiger partial charge on any atom is -0.493 e. The van der Waals surface area contributed by atoms with Crippen LogP contribution in [-0.4, -0.2) is 39.4 Å². The summed E-state index contributed by atoms with van der Waals surface area (Å²) < 4.78 is 12.4. The third-order valence-corrected chi connectivity index (χ3v) is 4.82. The number of ether oxygens (including phenoxy) is 2. The number of methoxy groups -OCH3 is 1. The number of fused-ring (bicyclic) bond motifs is 1. The molecule has 8 nitrogen and oxygen atoms in total. The van der Waals surface area contributed by atoms with Crippen molar-refractivity contribution in [3.63, 3.8) is 0 Å². The second-order valence-electron chi connectivity index (χ2n) is 8.41. The van der Waals surface area contributed by atoms with Crippen molar-refractivity contribution < 1.29 is 14.3 Å². The highest BCUT2D eigenvalue weighted by Gasteiger charge is 2.21. The van der Waals surface area contributed by atoms with E-state index in [4.69, 9.17) is 9.47 Å². The number of rotatable bonds is 10. The fourth-order valence-electron chi connectivity index (χ4n) is 3.37. The molecule has 0 bridgehead atoms. The van der Waals surface area contributed by atoms with Crippen LogP contribution in [0.4, 0.5) is 5.82 Å². The minimum absolute atomic E-state index is 0.00223. The van der Waals surface area contributed by atoms with Crippen LogP contribution in [0.3, 0.4) is 0 Å². The Morgan fingerprint density at radius 1 is 1.13 bits per heavy atom. The van der Waals surface area contributed by atoms with Gasteiger partial charge in [-0.2, -0.15) is 5.10 Å². The number of aromatic nitrogens is 4. The van der Waals surface area contributed by atoms with Crippen LogP contribution < -0.4 is 10.1 Å². The summed E-state index contributed by atoms with van der Waals surface area (Å²) in [5, 5.41) is 8.63. The largest absolute Gasteiger partial charge is 0.493 e. The molecule has 3 rings (SSSR count). The highest BCUT2D eigenvalue weighted by Crippen LogP contribution is 2.33. The molecule has 1 N–H and O–H groups in total. The fourth-order valence-corrected chi connectivity index (χ4v) is 3.37. The van der Waals surface area contributed by atoms with Crippen LogP contribution in [0.5, 0.6) is 5.75 Å². The van der Waals surface area contributed by atoms with E-state index in [1.807, 2.05) is 18.2 Å². The Bertz CT molecular complexity index is 1020. The summed E-state index contributed by atoms with van der Waals surface area (Å²) in [6, 6.07) is 8.11. The van der Waals surface area contributed by atoms with Gasteiger partial charge in [0.25, 0.3) is 0 Å². The van der Waals surface area contributed by atoms with Crippen molar-refractivity contribution in [1.82, 2.24) is 19.7 Å². The van der Waals surface area contributed by atoms with E-state index in [2.05, 4.69) is 54.1 Å². The predicted molar refractivity (Wildman–Crippen MR) is 120 cm³/mol. The number of hydrogen-bond donors (Lipinski definition) is 1. The lowest BCUT2D eigenvalue weighted by Gasteiger charge is -2.24. The van der Waals surface area contributed by atoms with Gasteiger partial charge in [-0.3, -0.25) is 4.79 Å². The molecule has 3 aromatic rings. The molecule has 166 valence electrons. The van der Waals surface area contributed by atoms with Crippen molar-refractivity contribution in [2.75, 3.05) is 19.0 Å². The van der Waals surface area contributed by atoms with E-state index in [0.717, 1.165) is 23.1 Å². The van der Waals surface area contributed by atoms with Gasteiger partial charge in [0.2, 0.25) is 0 Å². The van der Waals surface area contributed by atoms with Crippen molar-refractivity contribution in [2.24, 2.45) is 11.8 Å². The lowest BCUT2D eigenvalue weighted by molar-refractivity contribution is -0.141. The lowest BCUT2D eigenvalue weighted by atomic mass is 9.96. The Hall–Kier alpha value is -3.16. The number of benzene rings is 1. The molecule has 1 atom stereocenters. The van der Waals surface area contributed by atoms with E-state index in [9.17, 15) is 4.79 Å². The van der Waals surface area contributed by atoms with E-state index in [0.29, 0.717) is 29.9 Å². The van der Waals surface area contributed by atoms with Gasteiger partial charge in [0.15, 0.2) is 5.65 Å². The molecule has 1 aromatic carbocycles. The Kier molecular flexibility index (Phi) is 7.44. The summed E-state index contributed by atoms with van der Waals surface area (Å²) in [5.74, 6) is 2.06. The molecule has 0 fully saturated rings. The maximum absolute atomic E-state index is 11.7. The highest BCUT2D eigenvalue weighted by molar-refractivity contribution is 5.87. The van der Waals surface area contributed by atoms with Gasteiger partial charge in [0.05, 0.1) is 31.3 Å². The molecule has 0 aliphatic rings. The number of anilines is 1. The van der Waals surface area contributed by atoms with Gasteiger partial charge in [-0.1, -0.05) is 45.9 Å². The molecule has 0 amide bonds. The number of hydrogen-bond acceptors (Lipinski definition) is 7. The van der Waals surface area contributed by atoms with Crippen molar-refractivity contribution in [1.29, 1.82) is 0 Å². The van der Waals surface area contributed by atoms with E-state index in [1.165, 1.54) is 18.1 Å². The molecular formula is C23H31N5O3. The van der Waals surface area contributed by atoms with Crippen LogP contribution in [0.25, 0.3) is 11.0 Å². The molecule has 31 heavy (non-hydrogen) atoms. The van der Waals surface area contributed by atoms with Crippen molar-refractivity contribution in [3.8, 4) is 5.75 Å². The predicted octanol–water partition coefficient (Wildman–Crippen LogP) is 4.23. The summed E-state index contributed by atoms with van der Waals surface area (Å²) in [4.78, 5) is 20.5. The van der Waals surface area contributed by atoms with Crippen LogP contribution in [0.2, 0.25) is 0 Å². The van der Waals surface area contributed by atoms with Crippen molar-refractivity contribution in [2.45, 2.75) is 46.7 Å². The second kappa shape index (κ2) is 10.2. The number of carbonyl (C=O) groups is 1. The summed E-state index contributed by atoms with van der Waals surface area (Å²) in [6.07, 6.45) is 4.05. The Morgan fingerprint density at radius 3 is 2.61 bits per heavy atom. The van der Waals surface area contributed by atoms with Gasteiger partial charge < -0.3 is 14.8 Å². The number of nitrogens with zero attached hydrogens (tertiary/aromatic N) is 4. The first kappa shape index (κ1) is 22.5. The van der Waals surface area contributed by atoms with E-state index in [-0.39, 0.29) is 18.6 Å². The quantitative estimate of drug-likeness (QED) is 0.486. The van der Waals surface area contributed by atoms with Crippen molar-refractivity contribution in [3.05, 3.63) is 42.4 Å². The zero-order valence-corrected chi connectivity index (χ0v) is 18.8. The first-order valence-electron chi connectivity index (χ1n) is 10.6. The molecule has 2 heterocycles. The van der Waals surface area contributed by atoms with Crippen LogP contribution in [0.15, 0.2) is 36.8 Å². The third kappa shape index (κ3) is 5.71. The van der Waals surface area contributed by atoms with Gasteiger partial charge in [0, 0.05) is 5.56 Å². The topological polar surface area (TPSA) is 91.2 Å². The van der Waals surface area contributed by atoms with Crippen LogP contribution in [-0.2, 0) is 16.1 Å². The number of carbonyl (C=O) groups excluding carboxylic acids is 1. The van der Waals surface area contributed by atoms with Gasteiger partial charge in [-0.05, 0) is 24.3 Å². The maximum atomic E-state index is 11.7. The van der Waals surface area contributed by atoms with E-state index >= 15 is 0 Å². The zero-order chi connectivity index (χ0) is 22.4. The Labute approximate surface area is 183 Å². The molecule has 0 saturated carbocycles. The molecule has 0 radical (unpaired) electrons. The first-order chi connectivity index (χ1) is 14.9. The van der Waals surface area contributed by atoms with Gasteiger partial charge >= 0.3 is 5.97 Å². The standard InChI is InChI=1S/C23H31N5O3/c1-15(2)10-19(17-8-6-7-9-20(17)31-13-16(3)4)27-22-18-11-26-28(12-21(29)30-5)23(18)25-14-24-22/h6-9,11,14-16,19H,10,12-13H2,1-5H3,(H,24,25,27)/t19-/m0/s1. The first-order valence-corrected chi connectivity index (χ1v) is 10.6. The van der Waals surface area contributed by atoms with Gasteiger partial charge in [-0.25, -0.2) is 14.6 Å². The van der Waals surface area contributed by atoms with Crippen LogP contribution in [0, 0.1) is 11.8 Å². The zero-order valence-electron chi connectivity index (χ0n) is 18.8. The summed E-state index contributed by atoms with van der Waals surface area (Å²) in [6.45, 7) is 9.31. The van der Waals surface area contributed by atoms with Gasteiger partial charge in [-0.15, -0.1) is 0 Å². The Balaban J connectivity index is 1.94. The molecule has 0 saturated heterocycles. The monoisotopic (exact) mass is 425 g/mol. The molecule has 8 heteroatoms. The number of nitrogens with one attached hydrogen (secondary N) is 1. The highest BCUT2D eigenvalue weighted by atomic mass is 16.5. The Morgan fingerprint density at radius 2 is 1.90 bits per heavy atom. The normalized spacial score (nSPS) is 12.4.